The first-order chi connectivity index (χ1) is 5.08. The molecule has 0 fully saturated rings. The van der Waals surface area contributed by atoms with Crippen molar-refractivity contribution in [2.45, 2.75) is 19.4 Å². The van der Waals surface area contributed by atoms with Crippen molar-refractivity contribution in [3.05, 3.63) is 16.1 Å². The Hall–Kier alpha value is -0.450. The minimum absolute atomic E-state index is 0.232. The topological polar surface area (TPSA) is 59.1 Å². The number of aromatic nitrogens is 1. The molecule has 11 heavy (non-hydrogen) atoms. The zero-order chi connectivity index (χ0) is 8.48. The molecule has 0 aliphatic heterocycles. The third kappa shape index (κ3) is 1.58. The van der Waals surface area contributed by atoms with E-state index in [-0.39, 0.29) is 6.54 Å². The molecular weight excluding hydrogens is 160 g/mol. The van der Waals surface area contributed by atoms with Crippen LogP contribution in [-0.4, -0.2) is 16.6 Å². The van der Waals surface area contributed by atoms with Gasteiger partial charge >= 0.3 is 0 Å². The molecule has 0 aliphatic rings. The molecule has 0 spiro atoms. The van der Waals surface area contributed by atoms with Gasteiger partial charge < -0.3 is 10.8 Å². The molecule has 0 aliphatic carbocycles. The molecule has 1 aromatic rings. The van der Waals surface area contributed by atoms with Crippen molar-refractivity contribution in [2.24, 2.45) is 5.73 Å². The van der Waals surface area contributed by atoms with Gasteiger partial charge in [0.05, 0.1) is 16.1 Å². The highest BCUT2D eigenvalue weighted by Crippen LogP contribution is 2.25. The second kappa shape index (κ2) is 2.89. The molecule has 4 heteroatoms. The lowest BCUT2D eigenvalue weighted by molar-refractivity contribution is 0.0698. The maximum Gasteiger partial charge on any atom is 0.110 e. The van der Waals surface area contributed by atoms with Crippen LogP contribution in [0.1, 0.15) is 17.5 Å². The van der Waals surface area contributed by atoms with Crippen molar-refractivity contribution in [1.82, 2.24) is 4.98 Å². The van der Waals surface area contributed by atoms with E-state index in [4.69, 9.17) is 5.73 Å². The van der Waals surface area contributed by atoms with Gasteiger partial charge in [-0.3, -0.25) is 0 Å². The Bertz CT molecular complexity index is 244. The molecule has 1 atom stereocenters. The van der Waals surface area contributed by atoms with Crippen LogP contribution in [0.5, 0.6) is 0 Å². The molecular formula is C7H12N2OS. The van der Waals surface area contributed by atoms with Gasteiger partial charge in [0, 0.05) is 6.54 Å². The van der Waals surface area contributed by atoms with Gasteiger partial charge in [0.1, 0.15) is 5.60 Å². The minimum atomic E-state index is -0.911. The summed E-state index contributed by atoms with van der Waals surface area (Å²) in [6.07, 6.45) is 0. The lowest BCUT2D eigenvalue weighted by Gasteiger charge is -2.19. The van der Waals surface area contributed by atoms with Crippen molar-refractivity contribution in [3.63, 3.8) is 0 Å². The zero-order valence-electron chi connectivity index (χ0n) is 6.66. The lowest BCUT2D eigenvalue weighted by Crippen LogP contribution is -2.30. The smallest absolute Gasteiger partial charge is 0.110 e. The first-order valence-electron chi connectivity index (χ1n) is 3.41. The third-order valence-electron chi connectivity index (χ3n) is 1.63. The summed E-state index contributed by atoms with van der Waals surface area (Å²) < 4.78 is 0. The van der Waals surface area contributed by atoms with Gasteiger partial charge in [-0.2, -0.15) is 0 Å². The molecule has 0 saturated heterocycles. The molecule has 1 rings (SSSR count). The van der Waals surface area contributed by atoms with Gasteiger partial charge in [-0.15, -0.1) is 11.3 Å². The van der Waals surface area contributed by atoms with Crippen LogP contribution in [0.25, 0.3) is 0 Å². The molecule has 0 radical (unpaired) electrons. The number of aliphatic hydroxyl groups is 1. The highest BCUT2D eigenvalue weighted by atomic mass is 32.1. The van der Waals surface area contributed by atoms with E-state index in [0.29, 0.717) is 0 Å². The summed E-state index contributed by atoms with van der Waals surface area (Å²) >= 11 is 1.44. The highest BCUT2D eigenvalue weighted by Gasteiger charge is 2.24. The van der Waals surface area contributed by atoms with Crippen LogP contribution in [0.3, 0.4) is 0 Å². The number of hydrogen-bond acceptors (Lipinski definition) is 4. The minimum Gasteiger partial charge on any atom is -0.383 e. The normalized spacial score (nSPS) is 16.4. The summed E-state index contributed by atoms with van der Waals surface area (Å²) in [7, 11) is 0. The van der Waals surface area contributed by atoms with E-state index in [0.717, 1.165) is 10.6 Å². The SMILES string of the molecule is Cc1ncsc1C(C)(O)CN. The Kier molecular flexibility index (Phi) is 2.27. The van der Waals surface area contributed by atoms with Crippen molar-refractivity contribution in [2.75, 3.05) is 6.54 Å². The lowest BCUT2D eigenvalue weighted by atomic mass is 10.0. The maximum absolute atomic E-state index is 9.71. The van der Waals surface area contributed by atoms with E-state index in [2.05, 4.69) is 4.98 Å². The van der Waals surface area contributed by atoms with E-state index < -0.39 is 5.60 Å². The Balaban J connectivity index is 3.00. The quantitative estimate of drug-likeness (QED) is 0.687. The molecule has 0 saturated carbocycles. The van der Waals surface area contributed by atoms with Crippen molar-refractivity contribution in [3.8, 4) is 0 Å². The summed E-state index contributed by atoms with van der Waals surface area (Å²) in [5.74, 6) is 0. The summed E-state index contributed by atoms with van der Waals surface area (Å²) in [5, 5.41) is 9.71. The van der Waals surface area contributed by atoms with E-state index in [1.54, 1.807) is 12.4 Å². The highest BCUT2D eigenvalue weighted by molar-refractivity contribution is 7.09. The van der Waals surface area contributed by atoms with E-state index in [1.807, 2.05) is 6.92 Å². The Labute approximate surface area is 69.9 Å². The first kappa shape index (κ1) is 8.64. The number of thiazole rings is 1. The summed E-state index contributed by atoms with van der Waals surface area (Å²) in [6.45, 7) is 3.81. The van der Waals surface area contributed by atoms with E-state index in [9.17, 15) is 5.11 Å². The standard InChI is InChI=1S/C7H12N2OS/c1-5-6(11-4-9-5)7(2,10)3-8/h4,10H,3,8H2,1-2H3. The fourth-order valence-corrected chi connectivity index (χ4v) is 1.79. The van der Waals surface area contributed by atoms with Crippen LogP contribution in [0.15, 0.2) is 5.51 Å². The fourth-order valence-electron chi connectivity index (χ4n) is 0.911. The number of nitrogens with zero attached hydrogens (tertiary/aromatic N) is 1. The van der Waals surface area contributed by atoms with Crippen LogP contribution < -0.4 is 5.73 Å². The average molecular weight is 172 g/mol. The van der Waals surface area contributed by atoms with Crippen LogP contribution in [0, 0.1) is 6.92 Å². The van der Waals surface area contributed by atoms with Crippen LogP contribution in [-0.2, 0) is 5.60 Å². The summed E-state index contributed by atoms with van der Waals surface area (Å²) in [6, 6.07) is 0. The van der Waals surface area contributed by atoms with Gasteiger partial charge in [0.15, 0.2) is 0 Å². The second-order valence-electron chi connectivity index (χ2n) is 2.74. The monoisotopic (exact) mass is 172 g/mol. The van der Waals surface area contributed by atoms with E-state index >= 15 is 0 Å². The van der Waals surface area contributed by atoms with Gasteiger partial charge in [0.25, 0.3) is 0 Å². The largest absolute Gasteiger partial charge is 0.383 e. The van der Waals surface area contributed by atoms with Gasteiger partial charge in [0.2, 0.25) is 0 Å². The fraction of sp³-hybridized carbons (Fsp3) is 0.571. The van der Waals surface area contributed by atoms with Crippen molar-refractivity contribution >= 4 is 11.3 Å². The van der Waals surface area contributed by atoms with E-state index in [1.165, 1.54) is 11.3 Å². The molecule has 3 N–H and O–H groups in total. The second-order valence-corrected chi connectivity index (χ2v) is 3.60. The van der Waals surface area contributed by atoms with Crippen LogP contribution in [0.4, 0.5) is 0 Å². The average Bonchev–Trinajstić information content (AvgIpc) is 2.36. The molecule has 0 aromatic carbocycles. The van der Waals surface area contributed by atoms with Crippen LogP contribution in [0.2, 0.25) is 0 Å². The number of rotatable bonds is 2. The molecule has 62 valence electrons. The predicted molar refractivity (Wildman–Crippen MR) is 45.5 cm³/mol. The maximum atomic E-state index is 9.71. The summed E-state index contributed by atoms with van der Waals surface area (Å²) in [4.78, 5) is 4.89. The van der Waals surface area contributed by atoms with Crippen molar-refractivity contribution < 1.29 is 5.11 Å². The van der Waals surface area contributed by atoms with Gasteiger partial charge in [-0.05, 0) is 13.8 Å². The summed E-state index contributed by atoms with van der Waals surface area (Å²) in [5.41, 5.74) is 7.07. The Morgan fingerprint density at radius 2 is 2.45 bits per heavy atom. The van der Waals surface area contributed by atoms with Crippen LogP contribution >= 0.6 is 11.3 Å². The molecule has 1 unspecified atom stereocenters. The number of nitrogens with two attached hydrogens (primary N) is 1. The third-order valence-corrected chi connectivity index (χ3v) is 2.81. The molecule has 1 heterocycles. The van der Waals surface area contributed by atoms with Gasteiger partial charge in [-0.25, -0.2) is 4.98 Å². The Morgan fingerprint density at radius 1 is 1.82 bits per heavy atom. The molecule has 0 bridgehead atoms. The Morgan fingerprint density at radius 3 is 2.82 bits per heavy atom. The molecule has 1 aromatic heterocycles. The predicted octanol–water partition coefficient (Wildman–Crippen LogP) is 0.618. The first-order valence-corrected chi connectivity index (χ1v) is 4.29. The van der Waals surface area contributed by atoms with Gasteiger partial charge in [-0.1, -0.05) is 0 Å². The van der Waals surface area contributed by atoms with Crippen molar-refractivity contribution in [1.29, 1.82) is 0 Å². The zero-order valence-corrected chi connectivity index (χ0v) is 7.48. The molecule has 0 amide bonds. The number of aryl methyl sites for hydroxylation is 1. The molecule has 3 nitrogen and oxygen atoms in total. The number of hydrogen-bond donors (Lipinski definition) is 2.